The Morgan fingerprint density at radius 3 is 2.60 bits per heavy atom. The number of ether oxygens (including phenoxy) is 2. The Balaban J connectivity index is 2.11. The molecule has 1 fully saturated rings. The molecule has 1 aliphatic heterocycles. The van der Waals surface area contributed by atoms with Crippen LogP contribution in [-0.2, 0) is 9.59 Å². The number of benzene rings is 1. The third-order valence-corrected chi connectivity index (χ3v) is 4.76. The van der Waals surface area contributed by atoms with Crippen molar-refractivity contribution in [2.24, 2.45) is 0 Å². The molecule has 1 aromatic rings. The Morgan fingerprint density at radius 1 is 1.32 bits per heavy atom. The fraction of sp³-hybridized carbons (Fsp3) is 0.353. The highest BCUT2D eigenvalue weighted by Gasteiger charge is 2.22. The number of rotatable bonds is 7. The monoisotopic (exact) mass is 380 g/mol. The van der Waals surface area contributed by atoms with E-state index in [9.17, 15) is 9.59 Å². The molecule has 0 radical (unpaired) electrons. The molecule has 2 amide bonds. The van der Waals surface area contributed by atoms with Crippen LogP contribution in [-0.4, -0.2) is 47.8 Å². The van der Waals surface area contributed by atoms with Crippen LogP contribution in [0.4, 0.5) is 0 Å². The second-order valence-corrected chi connectivity index (χ2v) is 6.84. The second kappa shape index (κ2) is 8.87. The van der Waals surface area contributed by atoms with Gasteiger partial charge in [0.25, 0.3) is 11.8 Å². The number of thioether (sulfide) groups is 1. The summed E-state index contributed by atoms with van der Waals surface area (Å²) in [4.78, 5) is 26.0. The highest BCUT2D eigenvalue weighted by Crippen LogP contribution is 2.31. The smallest absolute Gasteiger partial charge is 0.263 e. The molecule has 0 aliphatic carbocycles. The summed E-state index contributed by atoms with van der Waals surface area (Å²) < 4.78 is 11.4. The van der Waals surface area contributed by atoms with Crippen molar-refractivity contribution in [1.82, 2.24) is 10.2 Å². The van der Waals surface area contributed by atoms with Gasteiger partial charge in [-0.05, 0) is 37.6 Å². The van der Waals surface area contributed by atoms with Crippen LogP contribution in [0, 0.1) is 0 Å². The number of thiocarbonyl (C=S) groups is 1. The van der Waals surface area contributed by atoms with Crippen LogP contribution in [0.3, 0.4) is 0 Å². The number of likely N-dealkylation sites (N-methyl/N-ethyl adjacent to an activating group) is 1. The zero-order valence-corrected chi connectivity index (χ0v) is 16.0. The summed E-state index contributed by atoms with van der Waals surface area (Å²) in [5.74, 6) is 0.682. The number of carbonyl (C=O) groups excluding carboxylic acids is 2. The minimum atomic E-state index is -0.209. The van der Waals surface area contributed by atoms with Crippen LogP contribution >= 0.6 is 24.0 Å². The summed E-state index contributed by atoms with van der Waals surface area (Å²) in [6, 6.07) is 5.26. The van der Waals surface area contributed by atoms with Crippen LogP contribution in [0.15, 0.2) is 23.1 Å². The lowest BCUT2D eigenvalue weighted by molar-refractivity contribution is -0.133. The predicted octanol–water partition coefficient (Wildman–Crippen LogP) is 2.43. The highest BCUT2D eigenvalue weighted by molar-refractivity contribution is 8.26. The number of hydrogen-bond acceptors (Lipinski definition) is 6. The molecule has 0 saturated carbocycles. The van der Waals surface area contributed by atoms with E-state index in [1.54, 1.807) is 29.2 Å². The molecule has 0 unspecified atom stereocenters. The van der Waals surface area contributed by atoms with E-state index in [-0.39, 0.29) is 18.4 Å². The van der Waals surface area contributed by atoms with Crippen molar-refractivity contribution < 1.29 is 19.1 Å². The molecular formula is C17H20N2O4S2. The predicted molar refractivity (Wildman–Crippen MR) is 103 cm³/mol. The molecule has 25 heavy (non-hydrogen) atoms. The zero-order valence-electron chi connectivity index (χ0n) is 14.3. The van der Waals surface area contributed by atoms with Crippen LogP contribution in [0.1, 0.15) is 19.4 Å². The summed E-state index contributed by atoms with van der Waals surface area (Å²) in [5, 5.41) is 2.57. The topological polar surface area (TPSA) is 67.9 Å². The third kappa shape index (κ3) is 4.96. The standard InChI is InChI=1S/C17H20N2O4S2/c1-4-19(5-2)15(20)10-23-12-7-6-11(8-13(12)22-3)9-14-16(21)18-17(24)25-14/h6-9H,4-5,10H2,1-3H3,(H,18,21,24)/b14-9+. The van der Waals surface area contributed by atoms with Gasteiger partial charge in [0.2, 0.25) is 0 Å². The van der Waals surface area contributed by atoms with E-state index in [0.717, 1.165) is 5.56 Å². The van der Waals surface area contributed by atoms with Crippen molar-refractivity contribution in [2.75, 3.05) is 26.8 Å². The van der Waals surface area contributed by atoms with Gasteiger partial charge >= 0.3 is 0 Å². The summed E-state index contributed by atoms with van der Waals surface area (Å²) in [6.45, 7) is 5.08. The first-order chi connectivity index (χ1) is 12.0. The SMILES string of the molecule is CCN(CC)C(=O)COc1ccc(/C=C2/SC(=S)NC2=O)cc1OC. The molecule has 0 aromatic heterocycles. The molecule has 0 bridgehead atoms. The zero-order chi connectivity index (χ0) is 18.4. The van der Waals surface area contributed by atoms with Gasteiger partial charge in [-0.1, -0.05) is 30.0 Å². The minimum absolute atomic E-state index is 0.0506. The minimum Gasteiger partial charge on any atom is -0.493 e. The molecule has 0 spiro atoms. The summed E-state index contributed by atoms with van der Waals surface area (Å²) >= 11 is 6.19. The number of nitrogens with zero attached hydrogens (tertiary/aromatic N) is 1. The number of nitrogens with one attached hydrogen (secondary N) is 1. The first-order valence-electron chi connectivity index (χ1n) is 7.82. The molecule has 1 aromatic carbocycles. The van der Waals surface area contributed by atoms with Gasteiger partial charge in [0.1, 0.15) is 4.32 Å². The highest BCUT2D eigenvalue weighted by atomic mass is 32.2. The first-order valence-corrected chi connectivity index (χ1v) is 9.04. The maximum atomic E-state index is 12.0. The van der Waals surface area contributed by atoms with Gasteiger partial charge in [-0.25, -0.2) is 0 Å². The lowest BCUT2D eigenvalue weighted by Crippen LogP contribution is -2.34. The quantitative estimate of drug-likeness (QED) is 0.579. The molecule has 1 N–H and O–H groups in total. The van der Waals surface area contributed by atoms with Gasteiger partial charge in [0.05, 0.1) is 12.0 Å². The fourth-order valence-corrected chi connectivity index (χ4v) is 3.32. The molecule has 0 atom stereocenters. The lowest BCUT2D eigenvalue weighted by atomic mass is 10.2. The Bertz CT molecular complexity index is 715. The lowest BCUT2D eigenvalue weighted by Gasteiger charge is -2.19. The molecule has 1 heterocycles. The summed E-state index contributed by atoms with van der Waals surface area (Å²) in [6.07, 6.45) is 1.73. The van der Waals surface area contributed by atoms with Gasteiger partial charge in [-0.2, -0.15) is 0 Å². The van der Waals surface area contributed by atoms with Gasteiger partial charge in [-0.15, -0.1) is 0 Å². The van der Waals surface area contributed by atoms with Gasteiger partial charge < -0.3 is 19.7 Å². The Kier molecular flexibility index (Phi) is 6.83. The fourth-order valence-electron chi connectivity index (χ4n) is 2.27. The number of methoxy groups -OCH3 is 1. The summed E-state index contributed by atoms with van der Waals surface area (Å²) in [7, 11) is 1.53. The largest absolute Gasteiger partial charge is 0.493 e. The van der Waals surface area contributed by atoms with E-state index in [4.69, 9.17) is 21.7 Å². The van der Waals surface area contributed by atoms with E-state index in [0.29, 0.717) is 33.8 Å². The second-order valence-electron chi connectivity index (χ2n) is 5.12. The van der Waals surface area contributed by atoms with Crippen molar-refractivity contribution in [2.45, 2.75) is 13.8 Å². The molecule has 8 heteroatoms. The number of hydrogen-bond donors (Lipinski definition) is 1. The van der Waals surface area contributed by atoms with Crippen LogP contribution in [0.2, 0.25) is 0 Å². The molecular weight excluding hydrogens is 360 g/mol. The van der Waals surface area contributed by atoms with Gasteiger partial charge in [-0.3, -0.25) is 9.59 Å². The van der Waals surface area contributed by atoms with Crippen molar-refractivity contribution in [3.05, 3.63) is 28.7 Å². The average Bonchev–Trinajstić information content (AvgIpc) is 2.91. The van der Waals surface area contributed by atoms with E-state index in [2.05, 4.69) is 5.32 Å². The van der Waals surface area contributed by atoms with Crippen molar-refractivity contribution in [3.63, 3.8) is 0 Å². The number of amides is 2. The normalized spacial score (nSPS) is 15.2. The van der Waals surface area contributed by atoms with Crippen LogP contribution in [0.5, 0.6) is 11.5 Å². The molecule has 1 saturated heterocycles. The maximum Gasteiger partial charge on any atom is 0.263 e. The van der Waals surface area contributed by atoms with E-state index >= 15 is 0 Å². The van der Waals surface area contributed by atoms with E-state index < -0.39 is 0 Å². The molecule has 2 rings (SSSR count). The van der Waals surface area contributed by atoms with Crippen molar-refractivity contribution in [3.8, 4) is 11.5 Å². The van der Waals surface area contributed by atoms with E-state index in [1.165, 1.54) is 18.9 Å². The molecule has 134 valence electrons. The molecule has 6 nitrogen and oxygen atoms in total. The number of carbonyl (C=O) groups is 2. The van der Waals surface area contributed by atoms with E-state index in [1.807, 2.05) is 13.8 Å². The van der Waals surface area contributed by atoms with Gasteiger partial charge in [0, 0.05) is 13.1 Å². The maximum absolute atomic E-state index is 12.0. The first kappa shape index (κ1) is 19.3. The van der Waals surface area contributed by atoms with Crippen molar-refractivity contribution in [1.29, 1.82) is 0 Å². The van der Waals surface area contributed by atoms with Crippen LogP contribution < -0.4 is 14.8 Å². The molecule has 1 aliphatic rings. The van der Waals surface area contributed by atoms with Crippen LogP contribution in [0.25, 0.3) is 6.08 Å². The van der Waals surface area contributed by atoms with Gasteiger partial charge in [0.15, 0.2) is 18.1 Å². The summed E-state index contributed by atoms with van der Waals surface area (Å²) in [5.41, 5.74) is 0.779. The Hall–Kier alpha value is -2.06. The van der Waals surface area contributed by atoms with Crippen molar-refractivity contribution >= 4 is 46.2 Å². The Labute approximate surface area is 156 Å². The third-order valence-electron chi connectivity index (χ3n) is 3.59. The average molecular weight is 380 g/mol. The Morgan fingerprint density at radius 2 is 2.04 bits per heavy atom.